The van der Waals surface area contributed by atoms with E-state index in [0.29, 0.717) is 0 Å². The van der Waals surface area contributed by atoms with Gasteiger partial charge in [0.15, 0.2) is 13.5 Å². The maximum absolute atomic E-state index is 12.9. The molecule has 2 aromatic carbocycles. The topological polar surface area (TPSA) is 186 Å². The summed E-state index contributed by atoms with van der Waals surface area (Å²) in [6, 6.07) is 17.5. The molecule has 0 aliphatic carbocycles. The number of carbonyl (C=O) groups is 8. The van der Waals surface area contributed by atoms with E-state index >= 15 is 0 Å². The number of hydrogen-bond acceptors (Lipinski definition) is 14. The molecule has 0 aromatic heterocycles. The highest BCUT2D eigenvalue weighted by atomic mass is 16.6. The summed E-state index contributed by atoms with van der Waals surface area (Å²) in [5.41, 5.74) is 1.68. The number of hydrogen-bond donors (Lipinski definition) is 0. The van der Waals surface area contributed by atoms with Gasteiger partial charge in [-0.05, 0) is 37.8 Å². The normalized spacial score (nSPS) is 16.5. The summed E-state index contributed by atoms with van der Waals surface area (Å²) in [4.78, 5) is 105. The molecule has 0 spiro atoms. The summed E-state index contributed by atoms with van der Waals surface area (Å²) >= 11 is 0. The van der Waals surface area contributed by atoms with Crippen LogP contribution in [0.15, 0.2) is 60.7 Å². The smallest absolute Gasteiger partial charge is 0.307 e. The molecule has 2 aliphatic rings. The zero-order chi connectivity index (χ0) is 39.0. The third-order valence-corrected chi connectivity index (χ3v) is 9.13. The number of esters is 4. The monoisotopic (exact) mass is 750 g/mol. The Balaban J connectivity index is 1.11. The minimum absolute atomic E-state index is 0.00524. The van der Waals surface area contributed by atoms with E-state index in [2.05, 4.69) is 0 Å². The molecule has 2 atom stereocenters. The molecule has 290 valence electrons. The summed E-state index contributed by atoms with van der Waals surface area (Å²) in [5.74, 6) is -4.58. The lowest BCUT2D eigenvalue weighted by Gasteiger charge is -2.43. The van der Waals surface area contributed by atoms with E-state index in [1.807, 2.05) is 60.7 Å². The van der Waals surface area contributed by atoms with Gasteiger partial charge < -0.3 is 18.9 Å². The van der Waals surface area contributed by atoms with Crippen LogP contribution in [0.25, 0.3) is 0 Å². The Morgan fingerprint density at radius 2 is 0.796 bits per heavy atom. The molecule has 4 amide bonds. The lowest BCUT2D eigenvalue weighted by molar-refractivity contribution is -0.169. The predicted octanol–water partition coefficient (Wildman–Crippen LogP) is 1.93. The largest absolute Gasteiger partial charge is 0.461 e. The molecule has 2 fully saturated rings. The molecule has 16 nitrogen and oxygen atoms in total. The van der Waals surface area contributed by atoms with Gasteiger partial charge in [0.25, 0.3) is 0 Å². The fraction of sp³-hybridized carbons (Fsp3) is 0.474. The molecule has 0 bridgehead atoms. The van der Waals surface area contributed by atoms with Crippen LogP contribution in [0.2, 0.25) is 0 Å². The van der Waals surface area contributed by atoms with Crippen molar-refractivity contribution in [2.75, 3.05) is 39.6 Å². The van der Waals surface area contributed by atoms with Crippen LogP contribution in [0, 0.1) is 0 Å². The Labute approximate surface area is 313 Å². The third-order valence-electron chi connectivity index (χ3n) is 9.13. The molecular weight excluding hydrogens is 704 g/mol. The second-order valence-electron chi connectivity index (χ2n) is 13.0. The molecule has 54 heavy (non-hydrogen) atoms. The van der Waals surface area contributed by atoms with Gasteiger partial charge in [0, 0.05) is 37.8 Å². The van der Waals surface area contributed by atoms with Crippen LogP contribution in [-0.2, 0) is 70.5 Å². The standard InChI is InChI=1S/C38H46N4O12/c1-27(39-19-31(43)41(32(44)20-39)25-53-37(49)17-9-15-35(47)51-23-29-11-5-3-6-12-29)28(2)40-21-33(45)42(34(46)22-40)26-54-38(50)18-10-16-36(48)52-24-30-13-7-4-8-14-30/h3-8,11-14,27-28H,9-10,15-26H2,1-2H3. The first-order chi connectivity index (χ1) is 25.9. The first kappa shape index (κ1) is 41.3. The van der Waals surface area contributed by atoms with Crippen LogP contribution in [-0.4, -0.2) is 119 Å². The molecule has 2 aromatic rings. The number of ether oxygens (including phenoxy) is 4. The molecule has 2 heterocycles. The van der Waals surface area contributed by atoms with Crippen molar-refractivity contribution in [3.8, 4) is 0 Å². The van der Waals surface area contributed by atoms with Crippen LogP contribution in [0.1, 0.15) is 63.5 Å². The van der Waals surface area contributed by atoms with Crippen molar-refractivity contribution in [1.82, 2.24) is 19.6 Å². The van der Waals surface area contributed by atoms with Gasteiger partial charge in [0.2, 0.25) is 23.6 Å². The summed E-state index contributed by atoms with van der Waals surface area (Å²) in [6.45, 7) is 2.05. The summed E-state index contributed by atoms with van der Waals surface area (Å²) in [5, 5.41) is 0. The maximum atomic E-state index is 12.9. The Morgan fingerprint density at radius 3 is 1.11 bits per heavy atom. The highest BCUT2D eigenvalue weighted by Gasteiger charge is 2.40. The first-order valence-corrected chi connectivity index (χ1v) is 17.8. The summed E-state index contributed by atoms with van der Waals surface area (Å²) < 4.78 is 20.6. The minimum Gasteiger partial charge on any atom is -0.461 e. The predicted molar refractivity (Wildman–Crippen MR) is 188 cm³/mol. The molecule has 0 N–H and O–H groups in total. The van der Waals surface area contributed by atoms with Gasteiger partial charge in [-0.15, -0.1) is 0 Å². The fourth-order valence-corrected chi connectivity index (χ4v) is 5.69. The number of piperazine rings is 2. The average Bonchev–Trinajstić information content (AvgIpc) is 3.15. The quantitative estimate of drug-likeness (QED) is 0.115. The van der Waals surface area contributed by atoms with Gasteiger partial charge in [-0.2, -0.15) is 0 Å². The molecule has 2 saturated heterocycles. The van der Waals surface area contributed by atoms with E-state index in [-0.39, 0.29) is 77.9 Å². The van der Waals surface area contributed by atoms with Crippen molar-refractivity contribution < 1.29 is 57.3 Å². The molecule has 2 unspecified atom stereocenters. The van der Waals surface area contributed by atoms with Crippen LogP contribution < -0.4 is 0 Å². The fourth-order valence-electron chi connectivity index (χ4n) is 5.69. The highest BCUT2D eigenvalue weighted by Crippen LogP contribution is 2.18. The molecule has 0 radical (unpaired) electrons. The molecule has 2 aliphatic heterocycles. The summed E-state index contributed by atoms with van der Waals surface area (Å²) in [6.07, 6.45) is 0.169. The molecule has 0 saturated carbocycles. The van der Waals surface area contributed by atoms with Crippen molar-refractivity contribution in [2.24, 2.45) is 0 Å². The van der Waals surface area contributed by atoms with Crippen molar-refractivity contribution >= 4 is 47.5 Å². The van der Waals surface area contributed by atoms with Crippen LogP contribution in [0.3, 0.4) is 0 Å². The Bertz CT molecular complexity index is 1500. The minimum atomic E-state index is -0.670. The Hall–Kier alpha value is -5.48. The van der Waals surface area contributed by atoms with E-state index in [4.69, 9.17) is 18.9 Å². The van der Waals surface area contributed by atoms with E-state index < -0.39 is 73.1 Å². The van der Waals surface area contributed by atoms with E-state index in [0.717, 1.165) is 20.9 Å². The lowest BCUT2D eigenvalue weighted by atomic mass is 10.1. The lowest BCUT2D eigenvalue weighted by Crippen LogP contribution is -2.63. The number of amides is 4. The second kappa shape index (κ2) is 20.7. The average molecular weight is 751 g/mol. The van der Waals surface area contributed by atoms with Crippen molar-refractivity contribution in [1.29, 1.82) is 0 Å². The van der Waals surface area contributed by atoms with Crippen molar-refractivity contribution in [3.05, 3.63) is 71.8 Å². The van der Waals surface area contributed by atoms with Gasteiger partial charge >= 0.3 is 23.9 Å². The number of nitrogens with zero attached hydrogens (tertiary/aromatic N) is 4. The maximum Gasteiger partial charge on any atom is 0.307 e. The Morgan fingerprint density at radius 1 is 0.500 bits per heavy atom. The molecular formula is C38H46N4O12. The third kappa shape index (κ3) is 12.9. The van der Waals surface area contributed by atoms with Gasteiger partial charge in [-0.3, -0.25) is 48.2 Å². The van der Waals surface area contributed by atoms with Crippen LogP contribution in [0.4, 0.5) is 0 Å². The van der Waals surface area contributed by atoms with E-state index in [9.17, 15) is 38.4 Å². The SMILES string of the molecule is CC(C(C)N1CC(=O)N(COC(=O)CCCC(=O)OCc2ccccc2)C(=O)C1)N1CC(=O)N(COC(=O)CCCC(=O)OCc2ccccc2)C(=O)C1. The zero-order valence-electron chi connectivity index (χ0n) is 30.5. The number of rotatable bonds is 19. The van der Waals surface area contributed by atoms with Gasteiger partial charge in [0.05, 0.1) is 26.2 Å². The van der Waals surface area contributed by atoms with Crippen molar-refractivity contribution in [2.45, 2.75) is 77.7 Å². The summed E-state index contributed by atoms with van der Waals surface area (Å²) in [7, 11) is 0. The molecule has 4 rings (SSSR count). The highest BCUT2D eigenvalue weighted by molar-refractivity contribution is 6.00. The van der Waals surface area contributed by atoms with Crippen LogP contribution in [0.5, 0.6) is 0 Å². The van der Waals surface area contributed by atoms with E-state index in [1.165, 1.54) is 0 Å². The van der Waals surface area contributed by atoms with Gasteiger partial charge in [-0.25, -0.2) is 9.80 Å². The number of benzene rings is 2. The van der Waals surface area contributed by atoms with E-state index in [1.54, 1.807) is 23.6 Å². The van der Waals surface area contributed by atoms with Crippen LogP contribution >= 0.6 is 0 Å². The van der Waals surface area contributed by atoms with Gasteiger partial charge in [0.1, 0.15) is 13.2 Å². The zero-order valence-corrected chi connectivity index (χ0v) is 30.5. The second-order valence-corrected chi connectivity index (χ2v) is 13.0. The number of imide groups is 2. The molecule has 16 heteroatoms. The number of carbonyl (C=O) groups excluding carboxylic acids is 8. The first-order valence-electron chi connectivity index (χ1n) is 17.8. The van der Waals surface area contributed by atoms with Gasteiger partial charge in [-0.1, -0.05) is 60.7 Å². The van der Waals surface area contributed by atoms with Crippen molar-refractivity contribution in [3.63, 3.8) is 0 Å². The Kier molecular flexibility index (Phi) is 15.8.